The fourth-order valence-corrected chi connectivity index (χ4v) is 0.534. The van der Waals surface area contributed by atoms with Crippen molar-refractivity contribution in [3.63, 3.8) is 0 Å². The first kappa shape index (κ1) is 17.0. The summed E-state index contributed by atoms with van der Waals surface area (Å²) in [7, 11) is 0. The summed E-state index contributed by atoms with van der Waals surface area (Å²) in [5.41, 5.74) is 1.32. The first-order valence-electron chi connectivity index (χ1n) is 2.41. The van der Waals surface area contributed by atoms with Crippen molar-refractivity contribution in [1.82, 2.24) is 0 Å². The average molecular weight is 230 g/mol. The van der Waals surface area contributed by atoms with Crippen molar-refractivity contribution in [2.75, 3.05) is 0 Å². The molecule has 1 aromatic rings. The van der Waals surface area contributed by atoms with Crippen LogP contribution in [0.25, 0.3) is 0 Å². The van der Waals surface area contributed by atoms with Crippen LogP contribution in [0.1, 0.15) is 5.56 Å². The van der Waals surface area contributed by atoms with Crippen LogP contribution < -0.4 is 0 Å². The monoisotopic (exact) mass is 230 g/mol. The van der Waals surface area contributed by atoms with E-state index >= 15 is 0 Å². The minimum atomic E-state index is 0. The van der Waals surface area contributed by atoms with Crippen molar-refractivity contribution in [3.8, 4) is 0 Å². The number of benzene rings is 1. The van der Waals surface area contributed by atoms with Crippen LogP contribution in [-0.4, -0.2) is 0 Å². The molecule has 0 aliphatic heterocycles. The Balaban J connectivity index is -0.000000163. The van der Waals surface area contributed by atoms with Crippen LogP contribution in [0.5, 0.6) is 0 Å². The fraction of sp³-hybridized carbons (Fsp3) is 0.125. The fourth-order valence-electron chi connectivity index (χ4n) is 0.534. The van der Waals surface area contributed by atoms with Gasteiger partial charge in [0.15, 0.2) is 0 Å². The molecule has 2 heteroatoms. The third-order valence-corrected chi connectivity index (χ3v) is 0.940. The quantitative estimate of drug-likeness (QED) is 0.474. The molecule has 10 heavy (non-hydrogen) atoms. The van der Waals surface area contributed by atoms with Gasteiger partial charge in [-0.1, -0.05) is 35.9 Å². The second-order valence-electron chi connectivity index (χ2n) is 1.65. The Labute approximate surface area is 92.3 Å². The maximum atomic E-state index is 2.08. The zero-order valence-corrected chi connectivity index (χ0v) is 10.9. The van der Waals surface area contributed by atoms with E-state index in [1.54, 1.807) is 0 Å². The standard InChI is InChI=1S/C7H8.CH3.H3P.Y/c1-7-5-3-2-4-6-7;;;/h2-6H,1H3;2*1H3;/q;-1;;. The second kappa shape index (κ2) is 9.75. The van der Waals surface area contributed by atoms with Crippen LogP contribution in [0.15, 0.2) is 30.3 Å². The van der Waals surface area contributed by atoms with Crippen LogP contribution in [0, 0.1) is 14.4 Å². The largest absolute Gasteiger partial charge is 0.358 e. The number of hydrogen-bond acceptors (Lipinski definition) is 0. The van der Waals surface area contributed by atoms with Gasteiger partial charge in [-0.3, -0.25) is 0 Å². The molecule has 0 aliphatic carbocycles. The zero-order valence-electron chi connectivity index (χ0n) is 6.67. The molecule has 0 nitrogen and oxygen atoms in total. The van der Waals surface area contributed by atoms with Gasteiger partial charge in [-0.15, -0.1) is 0 Å². The number of aryl methyl sites for hydroxylation is 1. The van der Waals surface area contributed by atoms with E-state index in [9.17, 15) is 0 Å². The Kier molecular flexibility index (Phi) is 16.6. The molecule has 0 saturated carbocycles. The summed E-state index contributed by atoms with van der Waals surface area (Å²) in [4.78, 5) is 0. The summed E-state index contributed by atoms with van der Waals surface area (Å²) in [5.74, 6) is 0. The van der Waals surface area contributed by atoms with Crippen LogP contribution in [0.2, 0.25) is 0 Å². The van der Waals surface area contributed by atoms with E-state index in [0.717, 1.165) is 0 Å². The summed E-state index contributed by atoms with van der Waals surface area (Å²) in [6.07, 6.45) is 0. The minimum absolute atomic E-state index is 0. The van der Waals surface area contributed by atoms with Gasteiger partial charge in [0, 0.05) is 32.7 Å². The molecule has 0 N–H and O–H groups in total. The smallest absolute Gasteiger partial charge is 0 e. The van der Waals surface area contributed by atoms with Gasteiger partial charge in [-0.2, -0.15) is 9.90 Å². The van der Waals surface area contributed by atoms with Gasteiger partial charge >= 0.3 is 0 Å². The van der Waals surface area contributed by atoms with E-state index in [1.807, 2.05) is 18.2 Å². The molecular weight excluding hydrogens is 216 g/mol. The summed E-state index contributed by atoms with van der Waals surface area (Å²) < 4.78 is 0. The Morgan fingerprint density at radius 3 is 1.60 bits per heavy atom. The summed E-state index contributed by atoms with van der Waals surface area (Å²) >= 11 is 0. The third-order valence-electron chi connectivity index (χ3n) is 0.940. The van der Waals surface area contributed by atoms with Crippen molar-refractivity contribution >= 4 is 9.90 Å². The maximum absolute atomic E-state index is 2.08. The molecule has 1 aromatic carbocycles. The van der Waals surface area contributed by atoms with Crippen molar-refractivity contribution in [1.29, 1.82) is 0 Å². The van der Waals surface area contributed by atoms with Crippen LogP contribution >= 0.6 is 9.90 Å². The van der Waals surface area contributed by atoms with Gasteiger partial charge in [0.2, 0.25) is 0 Å². The van der Waals surface area contributed by atoms with E-state index in [1.165, 1.54) is 5.56 Å². The van der Waals surface area contributed by atoms with Crippen LogP contribution in [-0.2, 0) is 32.7 Å². The van der Waals surface area contributed by atoms with E-state index < -0.39 is 0 Å². The summed E-state index contributed by atoms with van der Waals surface area (Å²) in [6.45, 7) is 2.08. The van der Waals surface area contributed by atoms with Gasteiger partial charge in [-0.25, -0.2) is 0 Å². The molecule has 1 unspecified atom stereocenters. The first-order valence-corrected chi connectivity index (χ1v) is 2.41. The van der Waals surface area contributed by atoms with E-state index in [-0.39, 0.29) is 50.0 Å². The molecule has 0 aromatic heterocycles. The van der Waals surface area contributed by atoms with Crippen LogP contribution in [0.4, 0.5) is 0 Å². The maximum Gasteiger partial charge on any atom is 0 e. The molecule has 1 rings (SSSR count). The van der Waals surface area contributed by atoms with E-state index in [0.29, 0.717) is 0 Å². The average Bonchev–Trinajstić information content (AvgIpc) is 1.69. The molecule has 1 atom stereocenters. The molecule has 0 amide bonds. The van der Waals surface area contributed by atoms with Crippen molar-refractivity contribution in [2.24, 2.45) is 0 Å². The van der Waals surface area contributed by atoms with Crippen molar-refractivity contribution < 1.29 is 32.7 Å². The predicted octanol–water partition coefficient (Wildman–Crippen LogP) is 2.50. The zero-order chi connectivity index (χ0) is 5.11. The first-order chi connectivity index (χ1) is 3.39. The second-order valence-corrected chi connectivity index (χ2v) is 1.65. The number of rotatable bonds is 0. The molecule has 0 spiro atoms. The molecular formula is C8H14PY-. The Bertz CT molecular complexity index is 139. The molecule has 0 saturated heterocycles. The molecule has 55 valence electrons. The molecule has 0 aliphatic rings. The topological polar surface area (TPSA) is 0 Å². The van der Waals surface area contributed by atoms with E-state index in [4.69, 9.17) is 0 Å². The van der Waals surface area contributed by atoms with Crippen molar-refractivity contribution in [3.05, 3.63) is 43.3 Å². The van der Waals surface area contributed by atoms with Gasteiger partial charge in [0.1, 0.15) is 0 Å². The van der Waals surface area contributed by atoms with Gasteiger partial charge in [-0.05, 0) is 6.92 Å². The Morgan fingerprint density at radius 1 is 1.00 bits per heavy atom. The Hall–Kier alpha value is 0.754. The predicted molar refractivity (Wildman–Crippen MR) is 48.7 cm³/mol. The van der Waals surface area contributed by atoms with E-state index in [2.05, 4.69) is 19.1 Å². The molecule has 0 bridgehead atoms. The van der Waals surface area contributed by atoms with Crippen LogP contribution in [0.3, 0.4) is 0 Å². The van der Waals surface area contributed by atoms with Gasteiger partial charge in [0.05, 0.1) is 0 Å². The Morgan fingerprint density at radius 2 is 1.40 bits per heavy atom. The summed E-state index contributed by atoms with van der Waals surface area (Å²) in [6, 6.07) is 10.3. The molecule has 0 heterocycles. The van der Waals surface area contributed by atoms with Gasteiger partial charge < -0.3 is 7.43 Å². The normalized spacial score (nSPS) is 6.10. The molecule has 0 fully saturated rings. The molecule has 1 radical (unpaired) electrons. The minimum Gasteiger partial charge on any atom is -0.358 e. The summed E-state index contributed by atoms with van der Waals surface area (Å²) in [5, 5.41) is 0. The van der Waals surface area contributed by atoms with Gasteiger partial charge in [0.25, 0.3) is 0 Å². The SMILES string of the molecule is Cc1ccccc1.P.[CH3-].[Y]. The third kappa shape index (κ3) is 6.87. The number of hydrogen-bond donors (Lipinski definition) is 0. The van der Waals surface area contributed by atoms with Crippen molar-refractivity contribution in [2.45, 2.75) is 6.92 Å².